The summed E-state index contributed by atoms with van der Waals surface area (Å²) in [6.45, 7) is 1.72. The molecule has 0 atom stereocenters. The normalized spacial score (nSPS) is 10.7. The highest BCUT2D eigenvalue weighted by atomic mass is 79.9. The quantitative estimate of drug-likeness (QED) is 0.292. The highest BCUT2D eigenvalue weighted by molar-refractivity contribution is 9.10. The number of nitro benzene ring substituents is 1. The number of nitrogens with zero attached hydrogens (tertiary/aromatic N) is 2. The lowest BCUT2D eigenvalue weighted by Crippen LogP contribution is -2.14. The van der Waals surface area contributed by atoms with Crippen LogP contribution in [-0.2, 0) is 0 Å². The van der Waals surface area contributed by atoms with Crippen LogP contribution in [-0.4, -0.2) is 15.8 Å². The third kappa shape index (κ3) is 3.92. The molecular weight excluding hydrogens is 446 g/mol. The predicted molar refractivity (Wildman–Crippen MR) is 121 cm³/mol. The average molecular weight is 462 g/mol. The van der Waals surface area contributed by atoms with Crippen molar-refractivity contribution in [3.05, 3.63) is 98.5 Å². The molecule has 1 N–H and O–H groups in total. The first-order valence-electron chi connectivity index (χ1n) is 9.14. The van der Waals surface area contributed by atoms with Crippen LogP contribution >= 0.6 is 15.9 Å². The largest absolute Gasteiger partial charge is 0.322 e. The van der Waals surface area contributed by atoms with Crippen LogP contribution in [0.1, 0.15) is 15.9 Å². The van der Waals surface area contributed by atoms with Gasteiger partial charge >= 0.3 is 0 Å². The number of hydrogen-bond acceptors (Lipinski definition) is 4. The van der Waals surface area contributed by atoms with Crippen LogP contribution in [0.15, 0.2) is 77.3 Å². The molecule has 4 rings (SSSR count). The molecule has 3 aromatic carbocycles. The first-order valence-corrected chi connectivity index (χ1v) is 9.94. The van der Waals surface area contributed by atoms with Gasteiger partial charge in [0.05, 0.1) is 21.7 Å². The van der Waals surface area contributed by atoms with Crippen molar-refractivity contribution < 1.29 is 9.72 Å². The summed E-state index contributed by atoms with van der Waals surface area (Å²) < 4.78 is 0.957. The predicted octanol–water partition coefficient (Wildman–Crippen LogP) is 6.13. The Morgan fingerprint density at radius 2 is 1.77 bits per heavy atom. The molecule has 0 bridgehead atoms. The van der Waals surface area contributed by atoms with Crippen LogP contribution in [0, 0.1) is 17.0 Å². The molecule has 30 heavy (non-hydrogen) atoms. The van der Waals surface area contributed by atoms with Crippen molar-refractivity contribution in [3.63, 3.8) is 0 Å². The zero-order valence-electron chi connectivity index (χ0n) is 15.9. The van der Waals surface area contributed by atoms with Crippen LogP contribution < -0.4 is 5.32 Å². The molecule has 0 unspecified atom stereocenters. The molecule has 4 aromatic rings. The topological polar surface area (TPSA) is 85.1 Å². The van der Waals surface area contributed by atoms with E-state index in [0.29, 0.717) is 28.0 Å². The van der Waals surface area contributed by atoms with Crippen LogP contribution in [0.5, 0.6) is 0 Å². The summed E-state index contributed by atoms with van der Waals surface area (Å²) in [5.41, 5.74) is 3.90. The van der Waals surface area contributed by atoms with E-state index in [1.165, 1.54) is 12.1 Å². The first kappa shape index (κ1) is 19.7. The highest BCUT2D eigenvalue weighted by Crippen LogP contribution is 2.28. The van der Waals surface area contributed by atoms with Gasteiger partial charge in [-0.05, 0) is 42.8 Å². The number of pyridine rings is 1. The molecule has 0 fully saturated rings. The molecular formula is C23H16BrN3O3. The van der Waals surface area contributed by atoms with Gasteiger partial charge in [-0.2, -0.15) is 0 Å². The number of fused-ring (bicyclic) bond motifs is 1. The van der Waals surface area contributed by atoms with Gasteiger partial charge in [0, 0.05) is 33.2 Å². The Labute approximate surface area is 180 Å². The van der Waals surface area contributed by atoms with E-state index >= 15 is 0 Å². The van der Waals surface area contributed by atoms with Crippen molar-refractivity contribution in [2.24, 2.45) is 0 Å². The monoisotopic (exact) mass is 461 g/mol. The Morgan fingerprint density at radius 1 is 1.03 bits per heavy atom. The van der Waals surface area contributed by atoms with Crippen molar-refractivity contribution >= 4 is 44.1 Å². The number of aromatic nitrogens is 1. The Bertz CT molecular complexity index is 1290. The third-order valence-electron chi connectivity index (χ3n) is 4.77. The van der Waals surface area contributed by atoms with Gasteiger partial charge in [0.25, 0.3) is 11.6 Å². The Kier molecular flexibility index (Phi) is 5.29. The smallest absolute Gasteiger partial charge is 0.269 e. The first-order chi connectivity index (χ1) is 14.4. The van der Waals surface area contributed by atoms with Crippen LogP contribution in [0.3, 0.4) is 0 Å². The summed E-state index contributed by atoms with van der Waals surface area (Å²) in [6.07, 6.45) is 0. The minimum absolute atomic E-state index is 0.0163. The number of rotatable bonds is 4. The molecule has 0 aliphatic heterocycles. The minimum atomic E-state index is -0.459. The Hall–Kier alpha value is -3.58. The van der Waals surface area contributed by atoms with Gasteiger partial charge in [-0.25, -0.2) is 4.98 Å². The zero-order chi connectivity index (χ0) is 21.3. The third-order valence-corrected chi connectivity index (χ3v) is 5.30. The van der Waals surface area contributed by atoms with Gasteiger partial charge in [0.2, 0.25) is 0 Å². The lowest BCUT2D eigenvalue weighted by Gasteiger charge is -2.12. The summed E-state index contributed by atoms with van der Waals surface area (Å²) >= 11 is 3.43. The van der Waals surface area contributed by atoms with Crippen molar-refractivity contribution in [3.8, 4) is 11.3 Å². The fourth-order valence-corrected chi connectivity index (χ4v) is 3.49. The van der Waals surface area contributed by atoms with E-state index in [2.05, 4.69) is 21.2 Å². The molecule has 0 saturated heterocycles. The zero-order valence-corrected chi connectivity index (χ0v) is 17.5. The second kappa shape index (κ2) is 8.04. The number of carbonyl (C=O) groups excluding carboxylic acids is 1. The van der Waals surface area contributed by atoms with Crippen LogP contribution in [0.4, 0.5) is 11.4 Å². The van der Waals surface area contributed by atoms with E-state index in [1.54, 1.807) is 19.1 Å². The summed E-state index contributed by atoms with van der Waals surface area (Å²) in [7, 11) is 0. The molecule has 0 aliphatic rings. The number of para-hydroxylation sites is 1. The number of hydrogen-bond donors (Lipinski definition) is 1. The number of nitrogens with one attached hydrogen (secondary N) is 1. The van der Waals surface area contributed by atoms with E-state index in [1.807, 2.05) is 48.5 Å². The molecule has 6 nitrogen and oxygen atoms in total. The second-order valence-electron chi connectivity index (χ2n) is 6.79. The van der Waals surface area contributed by atoms with Gasteiger partial charge in [-0.1, -0.05) is 46.3 Å². The van der Waals surface area contributed by atoms with E-state index in [9.17, 15) is 14.9 Å². The number of anilines is 1. The van der Waals surface area contributed by atoms with E-state index < -0.39 is 4.92 Å². The SMILES string of the molecule is Cc1cc([N+](=O)[O-])ccc1NC(=O)c1cc(-c2ccc(Br)cc2)nc2ccccc12. The fraction of sp³-hybridized carbons (Fsp3) is 0.0435. The van der Waals surface area contributed by atoms with Crippen molar-refractivity contribution in [2.45, 2.75) is 6.92 Å². The van der Waals surface area contributed by atoms with Crippen molar-refractivity contribution in [2.75, 3.05) is 5.32 Å². The molecule has 0 radical (unpaired) electrons. The van der Waals surface area contributed by atoms with Crippen LogP contribution in [0.25, 0.3) is 22.2 Å². The molecule has 0 aliphatic carbocycles. The lowest BCUT2D eigenvalue weighted by molar-refractivity contribution is -0.384. The molecule has 0 spiro atoms. The Morgan fingerprint density at radius 3 is 2.47 bits per heavy atom. The lowest BCUT2D eigenvalue weighted by atomic mass is 10.0. The molecule has 148 valence electrons. The number of amides is 1. The number of benzene rings is 3. The average Bonchev–Trinajstić information content (AvgIpc) is 2.74. The van der Waals surface area contributed by atoms with Gasteiger partial charge in [0.15, 0.2) is 0 Å². The number of halogens is 1. The van der Waals surface area contributed by atoms with Crippen molar-refractivity contribution in [1.82, 2.24) is 4.98 Å². The maximum Gasteiger partial charge on any atom is 0.269 e. The molecule has 1 amide bonds. The summed E-state index contributed by atoms with van der Waals surface area (Å²) in [4.78, 5) is 28.4. The van der Waals surface area contributed by atoms with Crippen LogP contribution in [0.2, 0.25) is 0 Å². The summed E-state index contributed by atoms with van der Waals surface area (Å²) in [5, 5.41) is 14.6. The Balaban J connectivity index is 1.76. The van der Waals surface area contributed by atoms with Gasteiger partial charge in [-0.15, -0.1) is 0 Å². The van der Waals surface area contributed by atoms with Crippen molar-refractivity contribution in [1.29, 1.82) is 0 Å². The number of non-ortho nitro benzene ring substituents is 1. The number of aryl methyl sites for hydroxylation is 1. The molecule has 1 aromatic heterocycles. The van der Waals surface area contributed by atoms with Gasteiger partial charge < -0.3 is 5.32 Å². The van der Waals surface area contributed by atoms with E-state index in [0.717, 1.165) is 15.4 Å². The van der Waals surface area contributed by atoms with Gasteiger partial charge in [0.1, 0.15) is 0 Å². The fourth-order valence-electron chi connectivity index (χ4n) is 3.22. The minimum Gasteiger partial charge on any atom is -0.322 e. The van der Waals surface area contributed by atoms with Gasteiger partial charge in [-0.3, -0.25) is 14.9 Å². The number of nitro groups is 1. The molecule has 7 heteroatoms. The maximum absolute atomic E-state index is 13.2. The molecule has 0 saturated carbocycles. The standard InChI is InChI=1S/C23H16BrN3O3/c1-14-12-17(27(29)30)10-11-20(14)26-23(28)19-13-22(15-6-8-16(24)9-7-15)25-21-5-3-2-4-18(19)21/h2-13H,1H3,(H,26,28). The molecule has 1 heterocycles. The maximum atomic E-state index is 13.2. The van der Waals surface area contributed by atoms with E-state index in [-0.39, 0.29) is 11.6 Å². The summed E-state index contributed by atoms with van der Waals surface area (Å²) in [6, 6.07) is 21.3. The second-order valence-corrected chi connectivity index (χ2v) is 7.71. The van der Waals surface area contributed by atoms with E-state index in [4.69, 9.17) is 4.98 Å². The highest BCUT2D eigenvalue weighted by Gasteiger charge is 2.16. The number of carbonyl (C=O) groups is 1. The summed E-state index contributed by atoms with van der Waals surface area (Å²) in [5.74, 6) is -0.302.